The Kier molecular flexibility index (Phi) is 2.45. The van der Waals surface area contributed by atoms with Crippen molar-refractivity contribution in [3.05, 3.63) is 41.3 Å². The van der Waals surface area contributed by atoms with E-state index in [9.17, 15) is 4.79 Å². The van der Waals surface area contributed by atoms with Gasteiger partial charge in [0, 0.05) is 36.2 Å². The molecule has 112 valence electrons. The van der Waals surface area contributed by atoms with Gasteiger partial charge in [-0.1, -0.05) is 5.16 Å². The van der Waals surface area contributed by atoms with Crippen LogP contribution in [0, 0.1) is 0 Å². The van der Waals surface area contributed by atoms with Crippen LogP contribution in [0.1, 0.15) is 65.1 Å². The van der Waals surface area contributed by atoms with Crippen molar-refractivity contribution in [1.29, 1.82) is 0 Å². The number of fused-ring (bicyclic) bond motifs is 4. The van der Waals surface area contributed by atoms with Gasteiger partial charge in [-0.3, -0.25) is 4.79 Å². The smallest absolute Gasteiger partial charge is 0.276 e. The van der Waals surface area contributed by atoms with E-state index in [0.29, 0.717) is 11.6 Å². The summed E-state index contributed by atoms with van der Waals surface area (Å²) in [5, 5.41) is 4.01. The summed E-state index contributed by atoms with van der Waals surface area (Å²) < 4.78 is 5.34. The first-order valence-corrected chi connectivity index (χ1v) is 7.89. The largest absolute Gasteiger partial charge is 0.360 e. The second kappa shape index (κ2) is 4.38. The Morgan fingerprint density at radius 1 is 1.27 bits per heavy atom. The summed E-state index contributed by atoms with van der Waals surface area (Å²) in [5.74, 6) is 1.32. The molecule has 5 rings (SSSR count). The summed E-state index contributed by atoms with van der Waals surface area (Å²) in [6, 6.07) is 2.14. The lowest BCUT2D eigenvalue weighted by Gasteiger charge is -2.34. The highest BCUT2D eigenvalue weighted by molar-refractivity contribution is 5.93. The Morgan fingerprint density at radius 2 is 2.18 bits per heavy atom. The highest BCUT2D eigenvalue weighted by Crippen LogP contribution is 2.44. The molecule has 1 aliphatic carbocycles. The van der Waals surface area contributed by atoms with E-state index in [2.05, 4.69) is 15.1 Å². The third-order valence-corrected chi connectivity index (χ3v) is 5.08. The maximum atomic E-state index is 12.9. The fraction of sp³-hybridized carbons (Fsp3) is 0.500. The SMILES string of the molecule is O=C(c1cc(C2CC2)on1)N1C2CCC1c1cncnc1C2. The molecule has 2 unspecified atom stereocenters. The first-order chi connectivity index (χ1) is 10.8. The van der Waals surface area contributed by atoms with E-state index in [0.717, 1.165) is 49.1 Å². The second-order valence-electron chi connectivity index (χ2n) is 6.48. The van der Waals surface area contributed by atoms with Gasteiger partial charge in [0.25, 0.3) is 5.91 Å². The quantitative estimate of drug-likeness (QED) is 0.850. The standard InChI is InChI=1S/C16H16N4O2/c21-16(13-6-15(22-19-13)9-1-2-9)20-10-3-4-14(20)11-7-17-8-18-12(11)5-10/h6-10,14H,1-5H2. The minimum absolute atomic E-state index is 0.0161. The van der Waals surface area contributed by atoms with Crippen molar-refractivity contribution >= 4 is 5.91 Å². The number of amides is 1. The molecule has 3 aliphatic rings. The van der Waals surface area contributed by atoms with Gasteiger partial charge in [-0.05, 0) is 25.7 Å². The lowest BCUT2D eigenvalue weighted by atomic mass is 9.99. The summed E-state index contributed by atoms with van der Waals surface area (Å²) in [4.78, 5) is 23.4. The van der Waals surface area contributed by atoms with Gasteiger partial charge in [0.2, 0.25) is 0 Å². The van der Waals surface area contributed by atoms with Crippen LogP contribution >= 0.6 is 0 Å². The number of hydrogen-bond donors (Lipinski definition) is 0. The van der Waals surface area contributed by atoms with Gasteiger partial charge in [-0.25, -0.2) is 9.97 Å². The molecule has 2 aliphatic heterocycles. The van der Waals surface area contributed by atoms with E-state index in [1.165, 1.54) is 0 Å². The van der Waals surface area contributed by atoms with Gasteiger partial charge in [0.05, 0.1) is 11.7 Å². The van der Waals surface area contributed by atoms with Crippen LogP contribution in [0.5, 0.6) is 0 Å². The van der Waals surface area contributed by atoms with Gasteiger partial charge in [-0.15, -0.1) is 0 Å². The molecule has 22 heavy (non-hydrogen) atoms. The van der Waals surface area contributed by atoms with Crippen LogP contribution in [0.4, 0.5) is 0 Å². The number of rotatable bonds is 2. The van der Waals surface area contributed by atoms with Gasteiger partial charge in [0.1, 0.15) is 12.1 Å². The molecule has 2 bridgehead atoms. The summed E-state index contributed by atoms with van der Waals surface area (Å²) in [7, 11) is 0. The lowest BCUT2D eigenvalue weighted by Crippen LogP contribution is -2.42. The van der Waals surface area contributed by atoms with Gasteiger partial charge in [0.15, 0.2) is 5.69 Å². The van der Waals surface area contributed by atoms with Crippen molar-refractivity contribution < 1.29 is 9.32 Å². The average molecular weight is 296 g/mol. The van der Waals surface area contributed by atoms with Crippen molar-refractivity contribution in [1.82, 2.24) is 20.0 Å². The van der Waals surface area contributed by atoms with Crippen LogP contribution < -0.4 is 0 Å². The van der Waals surface area contributed by atoms with Crippen LogP contribution in [0.15, 0.2) is 23.1 Å². The molecule has 2 aromatic heterocycles. The van der Waals surface area contributed by atoms with E-state index in [-0.39, 0.29) is 18.0 Å². The first kappa shape index (κ1) is 12.3. The Labute approximate surface area is 127 Å². The van der Waals surface area contributed by atoms with Crippen molar-refractivity contribution in [2.45, 2.75) is 50.1 Å². The summed E-state index contributed by atoms with van der Waals surface area (Å²) in [5.41, 5.74) is 2.62. The molecule has 0 aromatic carbocycles. The third-order valence-electron chi connectivity index (χ3n) is 5.08. The molecule has 0 N–H and O–H groups in total. The van der Waals surface area contributed by atoms with Gasteiger partial charge < -0.3 is 9.42 Å². The molecule has 4 heterocycles. The minimum atomic E-state index is -0.0161. The topological polar surface area (TPSA) is 72.1 Å². The Bertz CT molecular complexity index is 752. The van der Waals surface area contributed by atoms with Gasteiger partial charge >= 0.3 is 0 Å². The number of carbonyl (C=O) groups is 1. The molecule has 0 spiro atoms. The zero-order chi connectivity index (χ0) is 14.7. The normalized spacial score (nSPS) is 26.1. The van der Waals surface area contributed by atoms with E-state index < -0.39 is 0 Å². The molecule has 2 aromatic rings. The molecule has 6 heteroatoms. The van der Waals surface area contributed by atoms with Gasteiger partial charge in [-0.2, -0.15) is 0 Å². The highest BCUT2D eigenvalue weighted by atomic mass is 16.5. The monoisotopic (exact) mass is 296 g/mol. The minimum Gasteiger partial charge on any atom is -0.360 e. The van der Waals surface area contributed by atoms with Crippen LogP contribution in [0.2, 0.25) is 0 Å². The van der Waals surface area contributed by atoms with Crippen LogP contribution in [-0.4, -0.2) is 32.0 Å². The van der Waals surface area contributed by atoms with Crippen molar-refractivity contribution in [2.75, 3.05) is 0 Å². The van der Waals surface area contributed by atoms with Crippen LogP contribution in [-0.2, 0) is 6.42 Å². The summed E-state index contributed by atoms with van der Waals surface area (Å²) in [6.45, 7) is 0. The molecule has 1 saturated carbocycles. The van der Waals surface area contributed by atoms with E-state index in [1.807, 2.05) is 17.2 Å². The highest BCUT2D eigenvalue weighted by Gasteiger charge is 2.44. The molecule has 0 radical (unpaired) electrons. The van der Waals surface area contributed by atoms with E-state index >= 15 is 0 Å². The molecule has 1 amide bonds. The average Bonchev–Trinajstić information content (AvgIpc) is 3.19. The fourth-order valence-electron chi connectivity index (χ4n) is 3.82. The zero-order valence-corrected chi connectivity index (χ0v) is 12.1. The molecular weight excluding hydrogens is 280 g/mol. The van der Waals surface area contributed by atoms with E-state index in [4.69, 9.17) is 4.52 Å². The summed E-state index contributed by atoms with van der Waals surface area (Å²) >= 11 is 0. The fourth-order valence-corrected chi connectivity index (χ4v) is 3.82. The molecular formula is C16H16N4O2. The summed E-state index contributed by atoms with van der Waals surface area (Å²) in [6.07, 6.45) is 8.53. The molecule has 1 saturated heterocycles. The number of carbonyl (C=O) groups excluding carboxylic acids is 1. The number of nitrogens with zero attached hydrogens (tertiary/aromatic N) is 4. The maximum Gasteiger partial charge on any atom is 0.276 e. The van der Waals surface area contributed by atoms with Crippen molar-refractivity contribution in [2.24, 2.45) is 0 Å². The van der Waals surface area contributed by atoms with Crippen molar-refractivity contribution in [3.63, 3.8) is 0 Å². The number of aromatic nitrogens is 3. The lowest BCUT2D eigenvalue weighted by molar-refractivity contribution is 0.0633. The Balaban J connectivity index is 1.48. The first-order valence-electron chi connectivity index (χ1n) is 7.89. The van der Waals surface area contributed by atoms with Crippen LogP contribution in [0.3, 0.4) is 0 Å². The van der Waals surface area contributed by atoms with Crippen LogP contribution in [0.25, 0.3) is 0 Å². The Hall–Kier alpha value is -2.24. The number of hydrogen-bond acceptors (Lipinski definition) is 5. The van der Waals surface area contributed by atoms with E-state index in [1.54, 1.807) is 6.33 Å². The zero-order valence-electron chi connectivity index (χ0n) is 12.1. The third kappa shape index (κ3) is 1.73. The maximum absolute atomic E-state index is 12.9. The Morgan fingerprint density at radius 3 is 3.05 bits per heavy atom. The molecule has 2 fully saturated rings. The second-order valence-corrected chi connectivity index (χ2v) is 6.48. The van der Waals surface area contributed by atoms with Crippen molar-refractivity contribution in [3.8, 4) is 0 Å². The molecule has 2 atom stereocenters. The predicted octanol–water partition coefficient (Wildman–Crippen LogP) is 2.24. The molecule has 6 nitrogen and oxygen atoms in total. The predicted molar refractivity (Wildman–Crippen MR) is 76.1 cm³/mol.